The molecule has 4 heterocycles. The van der Waals surface area contributed by atoms with Gasteiger partial charge in [-0.05, 0) is 154 Å². The van der Waals surface area contributed by atoms with E-state index in [2.05, 4.69) is 243 Å². The van der Waals surface area contributed by atoms with Gasteiger partial charge in [-0.3, -0.25) is 0 Å². The summed E-state index contributed by atoms with van der Waals surface area (Å²) < 4.78 is 7.25. The Morgan fingerprint density at radius 3 is 0.797 bits per heavy atom. The van der Waals surface area contributed by atoms with E-state index in [0.717, 1.165) is 56.0 Å². The number of para-hydroxylation sites is 6. The number of benzene rings is 9. The number of rotatable bonds is 6. The fraction of sp³-hybridized carbons (Fsp3) is 0.0938. The van der Waals surface area contributed by atoms with Gasteiger partial charge in [-0.25, -0.2) is 9.97 Å². The van der Waals surface area contributed by atoms with Crippen molar-refractivity contribution in [3.05, 3.63) is 221 Å². The van der Waals surface area contributed by atoms with Crippen molar-refractivity contribution < 1.29 is 0 Å². The van der Waals surface area contributed by atoms with Gasteiger partial charge >= 0.3 is 0 Å². The van der Waals surface area contributed by atoms with Crippen LogP contribution >= 0.6 is 0 Å². The molecule has 0 radical (unpaired) electrons. The molecule has 330 valence electrons. The molecule has 5 heteroatoms. The predicted molar refractivity (Wildman–Crippen MR) is 290 cm³/mol. The molecule has 0 fully saturated rings. The topological polar surface area (TPSA) is 40.6 Å². The maximum atomic E-state index is 5.54. The largest absolute Gasteiger partial charge is 0.309 e. The third-order valence-corrected chi connectivity index (χ3v) is 14.6. The Balaban J connectivity index is 1.01. The zero-order valence-electron chi connectivity index (χ0n) is 39.6. The fourth-order valence-corrected chi connectivity index (χ4v) is 11.3. The zero-order valence-corrected chi connectivity index (χ0v) is 39.6. The molecule has 0 aliphatic rings. The van der Waals surface area contributed by atoms with Crippen LogP contribution in [0, 0.1) is 41.5 Å². The Bertz CT molecular complexity index is 3660. The monoisotopic (exact) mass is 887 g/mol. The Morgan fingerprint density at radius 1 is 0.261 bits per heavy atom. The van der Waals surface area contributed by atoms with E-state index >= 15 is 0 Å². The van der Waals surface area contributed by atoms with E-state index < -0.39 is 0 Å². The second-order valence-corrected chi connectivity index (χ2v) is 18.9. The first kappa shape index (κ1) is 40.7. The highest BCUT2D eigenvalue weighted by molar-refractivity contribution is 6.11. The first-order valence-corrected chi connectivity index (χ1v) is 23.9. The third-order valence-electron chi connectivity index (χ3n) is 14.6. The molecule has 13 rings (SSSR count). The molecule has 0 spiro atoms. The summed E-state index contributed by atoms with van der Waals surface area (Å²) in [5.74, 6) is 0.712. The second-order valence-electron chi connectivity index (χ2n) is 18.9. The van der Waals surface area contributed by atoms with E-state index in [9.17, 15) is 0 Å². The van der Waals surface area contributed by atoms with Crippen LogP contribution < -0.4 is 0 Å². The van der Waals surface area contributed by atoms with E-state index in [-0.39, 0.29) is 0 Å². The highest BCUT2D eigenvalue weighted by Gasteiger charge is 2.22. The first-order chi connectivity index (χ1) is 33.7. The van der Waals surface area contributed by atoms with Crippen LogP contribution in [0.15, 0.2) is 188 Å². The molecule has 5 nitrogen and oxygen atoms in total. The van der Waals surface area contributed by atoms with Crippen LogP contribution in [0.3, 0.4) is 0 Å². The molecular formula is C64H49N5. The van der Waals surface area contributed by atoms with Gasteiger partial charge in [-0.2, -0.15) is 0 Å². The number of nitrogens with zero attached hydrogens (tertiary/aromatic N) is 5. The molecule has 0 aliphatic heterocycles. The van der Waals surface area contributed by atoms with Gasteiger partial charge in [0.2, 0.25) is 0 Å². The molecule has 0 bridgehead atoms. The molecule has 0 N–H and O–H groups in total. The van der Waals surface area contributed by atoms with Crippen molar-refractivity contribution >= 4 is 65.4 Å². The smallest absolute Gasteiger partial charge is 0.160 e. The van der Waals surface area contributed by atoms with Crippen molar-refractivity contribution in [3.63, 3.8) is 0 Å². The summed E-state index contributed by atoms with van der Waals surface area (Å²) in [6.07, 6.45) is 0. The molecule has 4 aromatic heterocycles. The lowest BCUT2D eigenvalue weighted by Crippen LogP contribution is -2.04. The van der Waals surface area contributed by atoms with Gasteiger partial charge in [0.05, 0.1) is 44.5 Å². The van der Waals surface area contributed by atoms with Gasteiger partial charge in [0.15, 0.2) is 5.82 Å². The molecule has 0 aliphatic carbocycles. The van der Waals surface area contributed by atoms with Crippen molar-refractivity contribution in [2.75, 3.05) is 0 Å². The van der Waals surface area contributed by atoms with Gasteiger partial charge in [-0.1, -0.05) is 109 Å². The summed E-state index contributed by atoms with van der Waals surface area (Å²) in [6.45, 7) is 13.3. The number of aromatic nitrogens is 5. The van der Waals surface area contributed by atoms with Crippen LogP contribution in [0.5, 0.6) is 0 Å². The van der Waals surface area contributed by atoms with Crippen LogP contribution in [0.2, 0.25) is 0 Å². The van der Waals surface area contributed by atoms with E-state index in [1.54, 1.807) is 0 Å². The van der Waals surface area contributed by atoms with Gasteiger partial charge < -0.3 is 13.7 Å². The zero-order chi connectivity index (χ0) is 46.7. The Labute approximate surface area is 401 Å². The SMILES string of the molecule is Cc1cc(-n2c3ccccc3c3ccccc32)c(C)cc1-c1cc(-c2cc(C)c(-n3c4ccccc4c4ccccc43)cc2C)nc(-c2cc(C)c(-n3c4ccccc4c4ccccc43)cc2C)n1. The Kier molecular flexibility index (Phi) is 9.15. The fourth-order valence-electron chi connectivity index (χ4n) is 11.3. The lowest BCUT2D eigenvalue weighted by Gasteiger charge is -2.19. The van der Waals surface area contributed by atoms with Crippen molar-refractivity contribution in [1.29, 1.82) is 0 Å². The molecule has 0 atom stereocenters. The number of hydrogen-bond acceptors (Lipinski definition) is 2. The molecule has 0 amide bonds. The predicted octanol–water partition coefficient (Wildman–Crippen LogP) is 16.6. The van der Waals surface area contributed by atoms with E-state index in [1.807, 2.05) is 0 Å². The lowest BCUT2D eigenvalue weighted by atomic mass is 9.96. The van der Waals surface area contributed by atoms with E-state index in [1.165, 1.54) is 87.9 Å². The van der Waals surface area contributed by atoms with Crippen molar-refractivity contribution in [2.45, 2.75) is 41.5 Å². The van der Waals surface area contributed by atoms with Crippen LogP contribution in [-0.2, 0) is 0 Å². The van der Waals surface area contributed by atoms with E-state index in [0.29, 0.717) is 5.82 Å². The summed E-state index contributed by atoms with van der Waals surface area (Å²) in [4.78, 5) is 11.1. The summed E-state index contributed by atoms with van der Waals surface area (Å²) in [7, 11) is 0. The normalized spacial score (nSPS) is 11.9. The molecule has 13 aromatic rings. The molecular weight excluding hydrogens is 839 g/mol. The minimum atomic E-state index is 0.712. The van der Waals surface area contributed by atoms with Gasteiger partial charge in [0.1, 0.15) is 0 Å². The minimum absolute atomic E-state index is 0.712. The van der Waals surface area contributed by atoms with Gasteiger partial charge in [-0.15, -0.1) is 0 Å². The van der Waals surface area contributed by atoms with Gasteiger partial charge in [0.25, 0.3) is 0 Å². The Morgan fingerprint density at radius 2 is 0.507 bits per heavy atom. The number of fused-ring (bicyclic) bond motifs is 9. The van der Waals surface area contributed by atoms with Gasteiger partial charge in [0, 0.05) is 66.1 Å². The molecule has 0 saturated carbocycles. The summed E-state index contributed by atoms with van der Waals surface area (Å²) in [5, 5.41) is 7.51. The lowest BCUT2D eigenvalue weighted by molar-refractivity contribution is 1.12. The maximum absolute atomic E-state index is 5.54. The standard InChI is InChI=1S/C64H49N5/c1-38-34-61(67-55-25-13-7-19-44(55)45-20-8-14-26-56(45)67)41(4)31-50(38)53-37-54(51-32-42(5)62(35-39(51)2)68-57-27-15-9-21-46(57)47-22-10-16-28-58(47)68)66-64(65-53)52-33-43(6)63(36-40(52)3)69-59-29-17-11-23-48(59)49-24-12-18-30-60(49)69/h7-37H,1-6H3. The molecule has 9 aromatic carbocycles. The summed E-state index contributed by atoms with van der Waals surface area (Å²) in [6, 6.07) is 68.5. The van der Waals surface area contributed by atoms with Crippen LogP contribution in [0.1, 0.15) is 33.4 Å². The number of hydrogen-bond donors (Lipinski definition) is 0. The third kappa shape index (κ3) is 6.23. The molecule has 69 heavy (non-hydrogen) atoms. The van der Waals surface area contributed by atoms with Crippen LogP contribution in [-0.4, -0.2) is 23.7 Å². The van der Waals surface area contributed by atoms with Crippen LogP contribution in [0.4, 0.5) is 0 Å². The first-order valence-electron chi connectivity index (χ1n) is 23.9. The van der Waals surface area contributed by atoms with Crippen molar-refractivity contribution in [3.8, 4) is 51.0 Å². The van der Waals surface area contributed by atoms with Crippen molar-refractivity contribution in [2.24, 2.45) is 0 Å². The number of aryl methyl sites for hydroxylation is 6. The average molecular weight is 888 g/mol. The highest BCUT2D eigenvalue weighted by Crippen LogP contribution is 2.41. The average Bonchev–Trinajstić information content (AvgIpc) is 4.01. The van der Waals surface area contributed by atoms with Crippen molar-refractivity contribution in [1.82, 2.24) is 23.7 Å². The highest BCUT2D eigenvalue weighted by atomic mass is 15.0. The quantitative estimate of drug-likeness (QED) is 0.167. The Hall–Kier alpha value is -8.54. The second kappa shape index (κ2) is 15.5. The van der Waals surface area contributed by atoms with Crippen LogP contribution in [0.25, 0.3) is 116 Å². The molecule has 0 unspecified atom stereocenters. The maximum Gasteiger partial charge on any atom is 0.160 e. The minimum Gasteiger partial charge on any atom is -0.309 e. The van der Waals surface area contributed by atoms with E-state index in [4.69, 9.17) is 9.97 Å². The molecule has 0 saturated heterocycles. The summed E-state index contributed by atoms with van der Waals surface area (Å²) >= 11 is 0. The summed E-state index contributed by atoms with van der Waals surface area (Å²) in [5.41, 5.74) is 22.6.